The lowest BCUT2D eigenvalue weighted by molar-refractivity contribution is -0.292. The third-order valence-electron chi connectivity index (χ3n) is 2.57. The van der Waals surface area contributed by atoms with Crippen molar-refractivity contribution in [2.24, 2.45) is 0 Å². The van der Waals surface area contributed by atoms with Crippen LogP contribution in [0.1, 0.15) is 38.3 Å². The second-order valence-corrected chi connectivity index (χ2v) is 4.44. The SMILES string of the molecule is CCCCCCn1nnc(Cl)c1C(F)(F)C(F)(F)F. The van der Waals surface area contributed by atoms with E-state index in [1.54, 1.807) is 0 Å². The van der Waals surface area contributed by atoms with Crippen LogP contribution in [0.5, 0.6) is 0 Å². The molecule has 0 radical (unpaired) electrons. The Kier molecular flexibility index (Phi) is 5.11. The molecule has 0 saturated carbocycles. The fourth-order valence-corrected chi connectivity index (χ4v) is 1.81. The molecular weight excluding hydrogens is 293 g/mol. The Hall–Kier alpha value is -0.920. The van der Waals surface area contributed by atoms with E-state index in [-0.39, 0.29) is 6.54 Å². The van der Waals surface area contributed by atoms with Crippen LogP contribution in [-0.4, -0.2) is 21.2 Å². The summed E-state index contributed by atoms with van der Waals surface area (Å²) >= 11 is 5.30. The molecule has 110 valence electrons. The van der Waals surface area contributed by atoms with E-state index in [0.717, 1.165) is 12.8 Å². The molecule has 3 nitrogen and oxygen atoms in total. The lowest BCUT2D eigenvalue weighted by Gasteiger charge is -2.20. The van der Waals surface area contributed by atoms with Gasteiger partial charge in [-0.2, -0.15) is 22.0 Å². The fraction of sp³-hybridized carbons (Fsp3) is 0.800. The van der Waals surface area contributed by atoms with Gasteiger partial charge in [0.2, 0.25) is 0 Å². The average Bonchev–Trinajstić information content (AvgIpc) is 2.65. The van der Waals surface area contributed by atoms with Crippen molar-refractivity contribution in [3.8, 4) is 0 Å². The molecule has 1 aromatic heterocycles. The zero-order chi connectivity index (χ0) is 14.7. The van der Waals surface area contributed by atoms with Crippen molar-refractivity contribution in [3.05, 3.63) is 10.8 Å². The molecule has 0 aliphatic rings. The maximum atomic E-state index is 13.3. The van der Waals surface area contributed by atoms with Crippen molar-refractivity contribution in [2.75, 3.05) is 0 Å². The number of rotatable bonds is 6. The molecule has 0 atom stereocenters. The lowest BCUT2D eigenvalue weighted by Crippen LogP contribution is -2.36. The second kappa shape index (κ2) is 6.02. The molecule has 0 spiro atoms. The van der Waals surface area contributed by atoms with E-state index < -0.39 is 22.9 Å². The molecule has 0 N–H and O–H groups in total. The zero-order valence-electron chi connectivity index (χ0n) is 10.1. The number of aryl methyl sites for hydroxylation is 1. The van der Waals surface area contributed by atoms with Crippen LogP contribution in [0.3, 0.4) is 0 Å². The smallest absolute Gasteiger partial charge is 0.241 e. The van der Waals surface area contributed by atoms with Gasteiger partial charge in [-0.05, 0) is 6.42 Å². The summed E-state index contributed by atoms with van der Waals surface area (Å²) in [7, 11) is 0. The zero-order valence-corrected chi connectivity index (χ0v) is 10.9. The monoisotopic (exact) mass is 305 g/mol. The lowest BCUT2D eigenvalue weighted by atomic mass is 10.2. The van der Waals surface area contributed by atoms with Crippen molar-refractivity contribution < 1.29 is 22.0 Å². The van der Waals surface area contributed by atoms with E-state index in [0.29, 0.717) is 17.5 Å². The van der Waals surface area contributed by atoms with Crippen LogP contribution in [0.4, 0.5) is 22.0 Å². The number of halogens is 6. The Balaban J connectivity index is 2.92. The van der Waals surface area contributed by atoms with Gasteiger partial charge in [0, 0.05) is 6.54 Å². The quantitative estimate of drug-likeness (QED) is 0.583. The van der Waals surface area contributed by atoms with Gasteiger partial charge in [0.05, 0.1) is 0 Å². The van der Waals surface area contributed by atoms with Crippen molar-refractivity contribution >= 4 is 11.6 Å². The Morgan fingerprint density at radius 3 is 2.26 bits per heavy atom. The Labute approximate surface area is 111 Å². The van der Waals surface area contributed by atoms with Gasteiger partial charge in [-0.3, -0.25) is 0 Å². The van der Waals surface area contributed by atoms with E-state index in [1.807, 2.05) is 6.92 Å². The highest BCUT2D eigenvalue weighted by Gasteiger charge is 2.62. The molecule has 0 unspecified atom stereocenters. The van der Waals surface area contributed by atoms with Gasteiger partial charge < -0.3 is 0 Å². The van der Waals surface area contributed by atoms with Gasteiger partial charge in [-0.15, -0.1) is 5.10 Å². The van der Waals surface area contributed by atoms with Crippen LogP contribution in [-0.2, 0) is 12.5 Å². The summed E-state index contributed by atoms with van der Waals surface area (Å²) < 4.78 is 64.1. The summed E-state index contributed by atoms with van der Waals surface area (Å²) in [5, 5.41) is 5.42. The van der Waals surface area contributed by atoms with E-state index in [2.05, 4.69) is 10.3 Å². The number of alkyl halides is 5. The van der Waals surface area contributed by atoms with Gasteiger partial charge in [0.1, 0.15) is 0 Å². The van der Waals surface area contributed by atoms with Crippen molar-refractivity contribution in [3.63, 3.8) is 0 Å². The minimum atomic E-state index is -5.72. The minimum Gasteiger partial charge on any atom is -0.241 e. The molecule has 0 saturated heterocycles. The van der Waals surface area contributed by atoms with Crippen molar-refractivity contribution in [1.29, 1.82) is 0 Å². The van der Waals surface area contributed by atoms with Crippen LogP contribution in [0, 0.1) is 0 Å². The molecule has 0 aliphatic carbocycles. The van der Waals surface area contributed by atoms with Crippen LogP contribution in [0.25, 0.3) is 0 Å². The second-order valence-electron chi connectivity index (χ2n) is 4.08. The first-order valence-corrected chi connectivity index (χ1v) is 6.13. The first-order chi connectivity index (χ1) is 8.71. The summed E-state index contributed by atoms with van der Waals surface area (Å²) in [6.07, 6.45) is -2.78. The van der Waals surface area contributed by atoms with Gasteiger partial charge in [-0.1, -0.05) is 43.0 Å². The van der Waals surface area contributed by atoms with Gasteiger partial charge >= 0.3 is 12.1 Å². The number of unbranched alkanes of at least 4 members (excludes halogenated alkanes) is 3. The molecule has 1 aromatic rings. The minimum absolute atomic E-state index is 0.0687. The maximum Gasteiger partial charge on any atom is 0.459 e. The van der Waals surface area contributed by atoms with Crippen LogP contribution < -0.4 is 0 Å². The molecule has 0 bridgehead atoms. The van der Waals surface area contributed by atoms with Crippen LogP contribution in [0.15, 0.2) is 0 Å². The Morgan fingerprint density at radius 1 is 1.11 bits per heavy atom. The highest BCUT2D eigenvalue weighted by atomic mass is 35.5. The molecule has 0 aliphatic heterocycles. The van der Waals surface area contributed by atoms with Gasteiger partial charge in [0.25, 0.3) is 0 Å². The molecule has 0 fully saturated rings. The summed E-state index contributed by atoms with van der Waals surface area (Å²) in [6, 6.07) is 0. The first-order valence-electron chi connectivity index (χ1n) is 5.75. The van der Waals surface area contributed by atoms with E-state index in [9.17, 15) is 22.0 Å². The van der Waals surface area contributed by atoms with E-state index in [4.69, 9.17) is 11.6 Å². The third kappa shape index (κ3) is 3.55. The topological polar surface area (TPSA) is 30.7 Å². The third-order valence-corrected chi connectivity index (χ3v) is 2.83. The normalized spacial score (nSPS) is 13.0. The molecule has 0 amide bonds. The molecule has 1 heterocycles. The molecule has 1 rings (SSSR count). The highest BCUT2D eigenvalue weighted by Crippen LogP contribution is 2.45. The Bertz CT molecular complexity index is 416. The number of hydrogen-bond donors (Lipinski definition) is 0. The van der Waals surface area contributed by atoms with Crippen molar-refractivity contribution in [2.45, 2.75) is 51.3 Å². The summed E-state index contributed by atoms with van der Waals surface area (Å²) in [5.41, 5.74) is -1.39. The predicted octanol–water partition coefficient (Wildman–Crippen LogP) is 4.17. The van der Waals surface area contributed by atoms with Gasteiger partial charge in [0.15, 0.2) is 10.8 Å². The van der Waals surface area contributed by atoms with E-state index in [1.165, 1.54) is 0 Å². The number of aromatic nitrogens is 3. The highest BCUT2D eigenvalue weighted by molar-refractivity contribution is 6.30. The van der Waals surface area contributed by atoms with Crippen LogP contribution >= 0.6 is 11.6 Å². The molecule has 19 heavy (non-hydrogen) atoms. The van der Waals surface area contributed by atoms with Gasteiger partial charge in [-0.25, -0.2) is 4.68 Å². The van der Waals surface area contributed by atoms with E-state index >= 15 is 0 Å². The number of nitrogens with zero attached hydrogens (tertiary/aromatic N) is 3. The molecule has 0 aromatic carbocycles. The summed E-state index contributed by atoms with van der Waals surface area (Å²) in [5.74, 6) is -5.06. The van der Waals surface area contributed by atoms with Crippen molar-refractivity contribution in [1.82, 2.24) is 15.0 Å². The predicted molar refractivity (Wildman–Crippen MR) is 59.1 cm³/mol. The molecule has 9 heteroatoms. The fourth-order valence-electron chi connectivity index (χ4n) is 1.56. The standard InChI is InChI=1S/C10H13ClF5N3/c1-2-3-4-5-6-19-7(8(11)17-18-19)9(12,13)10(14,15)16/h2-6H2,1H3. The maximum absolute atomic E-state index is 13.3. The number of hydrogen-bond acceptors (Lipinski definition) is 2. The Morgan fingerprint density at radius 2 is 1.74 bits per heavy atom. The molecular formula is C10H13ClF5N3. The average molecular weight is 306 g/mol. The summed E-state index contributed by atoms with van der Waals surface area (Å²) in [4.78, 5) is 0. The summed E-state index contributed by atoms with van der Waals surface area (Å²) in [6.45, 7) is 1.89. The van der Waals surface area contributed by atoms with Crippen LogP contribution in [0.2, 0.25) is 5.15 Å². The largest absolute Gasteiger partial charge is 0.459 e. The first kappa shape index (κ1) is 16.1.